The van der Waals surface area contributed by atoms with Crippen molar-refractivity contribution in [3.63, 3.8) is 0 Å². The highest BCUT2D eigenvalue weighted by atomic mass is 35.5. The Balaban J connectivity index is 1.39. The molecule has 2 aromatic carbocycles. The zero-order valence-corrected chi connectivity index (χ0v) is 16.9. The number of carbonyl (C=O) groups is 1. The molecule has 0 radical (unpaired) electrons. The summed E-state index contributed by atoms with van der Waals surface area (Å²) in [7, 11) is 1.66. The summed E-state index contributed by atoms with van der Waals surface area (Å²) in [5, 5.41) is 4.79. The molecule has 0 saturated carbocycles. The van der Waals surface area contributed by atoms with Gasteiger partial charge in [-0.15, -0.1) is 0 Å². The van der Waals surface area contributed by atoms with E-state index in [2.05, 4.69) is 10.3 Å². The lowest BCUT2D eigenvalue weighted by Gasteiger charge is -2.09. The van der Waals surface area contributed by atoms with E-state index in [1.54, 1.807) is 13.2 Å². The largest absolute Gasteiger partial charge is 0.497 e. The quantitative estimate of drug-likeness (QED) is 0.513. The fourth-order valence-electron chi connectivity index (χ4n) is 3.11. The van der Waals surface area contributed by atoms with Crippen LogP contribution in [0.5, 0.6) is 11.5 Å². The number of rotatable bonds is 9. The highest BCUT2D eigenvalue weighted by molar-refractivity contribution is 6.30. The molecule has 1 heterocycles. The summed E-state index contributed by atoms with van der Waals surface area (Å²) in [5.41, 5.74) is 3.22. The SMILES string of the molecule is COc1ccc2[nH]cc(CCNC(=O)CCCOc3ccc(Cl)cc3C)c2c1. The molecule has 2 N–H and O–H groups in total. The normalized spacial score (nSPS) is 10.8. The van der Waals surface area contributed by atoms with Gasteiger partial charge in [-0.05, 0) is 67.3 Å². The van der Waals surface area contributed by atoms with Crippen molar-refractivity contribution in [3.05, 3.63) is 58.7 Å². The van der Waals surface area contributed by atoms with Crippen molar-refractivity contribution in [2.24, 2.45) is 0 Å². The van der Waals surface area contributed by atoms with Crippen molar-refractivity contribution in [1.82, 2.24) is 10.3 Å². The molecule has 1 amide bonds. The fourth-order valence-corrected chi connectivity index (χ4v) is 3.33. The molecule has 0 spiro atoms. The maximum Gasteiger partial charge on any atom is 0.220 e. The third-order valence-corrected chi connectivity index (χ3v) is 4.87. The van der Waals surface area contributed by atoms with E-state index in [-0.39, 0.29) is 5.91 Å². The summed E-state index contributed by atoms with van der Waals surface area (Å²) in [6.45, 7) is 3.05. The van der Waals surface area contributed by atoms with Crippen molar-refractivity contribution in [3.8, 4) is 11.5 Å². The number of aryl methyl sites for hydroxylation is 1. The molecule has 0 aliphatic rings. The van der Waals surface area contributed by atoms with Crippen molar-refractivity contribution in [2.75, 3.05) is 20.3 Å². The first-order chi connectivity index (χ1) is 13.6. The van der Waals surface area contributed by atoms with E-state index in [1.807, 2.05) is 43.5 Å². The van der Waals surface area contributed by atoms with E-state index >= 15 is 0 Å². The van der Waals surface area contributed by atoms with Crippen molar-refractivity contribution >= 4 is 28.4 Å². The lowest BCUT2D eigenvalue weighted by molar-refractivity contribution is -0.121. The lowest BCUT2D eigenvalue weighted by Crippen LogP contribution is -2.25. The number of nitrogens with one attached hydrogen (secondary N) is 2. The van der Waals surface area contributed by atoms with Gasteiger partial charge >= 0.3 is 0 Å². The van der Waals surface area contributed by atoms with E-state index in [1.165, 1.54) is 0 Å². The van der Waals surface area contributed by atoms with Crippen molar-refractivity contribution < 1.29 is 14.3 Å². The molecule has 0 fully saturated rings. The van der Waals surface area contributed by atoms with E-state index < -0.39 is 0 Å². The number of hydrogen-bond donors (Lipinski definition) is 2. The number of amides is 1. The molecule has 0 bridgehead atoms. The molecule has 3 rings (SSSR count). The van der Waals surface area contributed by atoms with Gasteiger partial charge in [0.2, 0.25) is 5.91 Å². The number of hydrogen-bond acceptors (Lipinski definition) is 3. The molecule has 0 aliphatic carbocycles. The lowest BCUT2D eigenvalue weighted by atomic mass is 10.1. The first-order valence-corrected chi connectivity index (χ1v) is 9.74. The van der Waals surface area contributed by atoms with Gasteiger partial charge in [-0.25, -0.2) is 0 Å². The summed E-state index contributed by atoms with van der Waals surface area (Å²) in [4.78, 5) is 15.3. The Morgan fingerprint density at radius 3 is 2.86 bits per heavy atom. The molecule has 6 heteroatoms. The van der Waals surface area contributed by atoms with Gasteiger partial charge in [0.05, 0.1) is 13.7 Å². The van der Waals surface area contributed by atoms with E-state index in [0.29, 0.717) is 31.0 Å². The predicted octanol–water partition coefficient (Wildman–Crippen LogP) is 4.66. The number of fused-ring (bicyclic) bond motifs is 1. The van der Waals surface area contributed by atoms with Crippen LogP contribution in [0.3, 0.4) is 0 Å². The van der Waals surface area contributed by atoms with Gasteiger partial charge < -0.3 is 19.8 Å². The van der Waals surface area contributed by atoms with Gasteiger partial charge in [0.25, 0.3) is 0 Å². The summed E-state index contributed by atoms with van der Waals surface area (Å²) >= 11 is 5.94. The summed E-state index contributed by atoms with van der Waals surface area (Å²) in [6.07, 6.45) is 3.85. The number of ether oxygens (including phenoxy) is 2. The second-order valence-corrected chi connectivity index (χ2v) is 7.12. The van der Waals surface area contributed by atoms with Crippen LogP contribution in [0.2, 0.25) is 5.02 Å². The summed E-state index contributed by atoms with van der Waals surface area (Å²) in [6, 6.07) is 11.5. The standard InChI is InChI=1S/C22H25ClN2O3/c1-15-12-17(23)5-8-21(15)28-11-3-4-22(26)24-10-9-16-14-25-20-7-6-18(27-2)13-19(16)20/h5-8,12-14,25H,3-4,9-11H2,1-2H3,(H,24,26). The molecule has 0 aliphatic heterocycles. The van der Waals surface area contributed by atoms with Crippen molar-refractivity contribution in [2.45, 2.75) is 26.2 Å². The minimum absolute atomic E-state index is 0.0360. The molecule has 3 aromatic rings. The molecule has 0 atom stereocenters. The number of aromatic nitrogens is 1. The van der Waals surface area contributed by atoms with Gasteiger partial charge in [0.15, 0.2) is 0 Å². The Kier molecular flexibility index (Phi) is 6.82. The van der Waals surface area contributed by atoms with E-state index in [4.69, 9.17) is 21.1 Å². The molecule has 0 saturated heterocycles. The number of methoxy groups -OCH3 is 1. The van der Waals surface area contributed by atoms with Gasteiger partial charge in [-0.2, -0.15) is 0 Å². The monoisotopic (exact) mass is 400 g/mol. The first kappa shape index (κ1) is 20.1. The van der Waals surface area contributed by atoms with Crippen LogP contribution >= 0.6 is 11.6 Å². The zero-order valence-electron chi connectivity index (χ0n) is 16.2. The molecule has 5 nitrogen and oxygen atoms in total. The smallest absolute Gasteiger partial charge is 0.220 e. The van der Waals surface area contributed by atoms with E-state index in [0.717, 1.165) is 39.9 Å². The fraction of sp³-hybridized carbons (Fsp3) is 0.318. The maximum atomic E-state index is 12.0. The Labute approximate surface area is 170 Å². The van der Waals surface area contributed by atoms with Crippen LogP contribution in [0.4, 0.5) is 0 Å². The van der Waals surface area contributed by atoms with Crippen molar-refractivity contribution in [1.29, 1.82) is 0 Å². The Morgan fingerprint density at radius 2 is 2.07 bits per heavy atom. The third kappa shape index (κ3) is 5.20. The Bertz CT molecular complexity index is 952. The van der Waals surface area contributed by atoms with Gasteiger partial charge in [0, 0.05) is 35.1 Å². The van der Waals surface area contributed by atoms with Crippen LogP contribution < -0.4 is 14.8 Å². The van der Waals surface area contributed by atoms with Crippen LogP contribution in [0, 0.1) is 6.92 Å². The molecule has 148 valence electrons. The minimum atomic E-state index is 0.0360. The number of carbonyl (C=O) groups excluding carboxylic acids is 1. The highest BCUT2D eigenvalue weighted by Gasteiger charge is 2.07. The van der Waals surface area contributed by atoms with Gasteiger partial charge in [-0.1, -0.05) is 11.6 Å². The van der Waals surface area contributed by atoms with Crippen LogP contribution in [0.1, 0.15) is 24.0 Å². The number of benzene rings is 2. The summed E-state index contributed by atoms with van der Waals surface area (Å²) < 4.78 is 11.0. The maximum absolute atomic E-state index is 12.0. The molecule has 0 unspecified atom stereocenters. The minimum Gasteiger partial charge on any atom is -0.497 e. The predicted molar refractivity (Wildman–Crippen MR) is 112 cm³/mol. The van der Waals surface area contributed by atoms with Gasteiger partial charge in [0.1, 0.15) is 11.5 Å². The first-order valence-electron chi connectivity index (χ1n) is 9.36. The van der Waals surface area contributed by atoms with Crippen LogP contribution in [0.15, 0.2) is 42.6 Å². The Morgan fingerprint density at radius 1 is 1.21 bits per heavy atom. The molecule has 28 heavy (non-hydrogen) atoms. The van der Waals surface area contributed by atoms with Crippen LogP contribution in [0.25, 0.3) is 10.9 Å². The van der Waals surface area contributed by atoms with Crippen LogP contribution in [-0.2, 0) is 11.2 Å². The zero-order chi connectivity index (χ0) is 19.9. The number of aromatic amines is 1. The molecule has 1 aromatic heterocycles. The summed E-state index contributed by atoms with van der Waals surface area (Å²) in [5.74, 6) is 1.67. The van der Waals surface area contributed by atoms with E-state index in [9.17, 15) is 4.79 Å². The topological polar surface area (TPSA) is 63.3 Å². The molecular formula is C22H25ClN2O3. The third-order valence-electron chi connectivity index (χ3n) is 4.63. The average Bonchev–Trinajstić information content (AvgIpc) is 3.08. The second-order valence-electron chi connectivity index (χ2n) is 6.69. The molecular weight excluding hydrogens is 376 g/mol. The van der Waals surface area contributed by atoms with Gasteiger partial charge in [-0.3, -0.25) is 4.79 Å². The number of halogens is 1. The average molecular weight is 401 g/mol. The number of H-pyrrole nitrogens is 1. The van der Waals surface area contributed by atoms with Crippen LogP contribution in [-0.4, -0.2) is 31.2 Å². The second kappa shape index (κ2) is 9.51. The highest BCUT2D eigenvalue weighted by Crippen LogP contribution is 2.24. The Hall–Kier alpha value is -2.66.